The third-order valence-corrected chi connectivity index (χ3v) is 3.10. The summed E-state index contributed by atoms with van der Waals surface area (Å²) in [6, 6.07) is 7.32. The maximum absolute atomic E-state index is 12.0. The number of hydrogen-bond acceptors (Lipinski definition) is 3. The van der Waals surface area contributed by atoms with Gasteiger partial charge in [-0.15, -0.1) is 0 Å². The highest BCUT2D eigenvalue weighted by atomic mass is 16.2. The van der Waals surface area contributed by atoms with Gasteiger partial charge in [-0.1, -0.05) is 12.1 Å². The predicted octanol–water partition coefficient (Wildman–Crippen LogP) is 0.984. The molecule has 0 aromatic heterocycles. The van der Waals surface area contributed by atoms with Crippen LogP contribution in [0.3, 0.4) is 0 Å². The van der Waals surface area contributed by atoms with Gasteiger partial charge in [-0.2, -0.15) is 0 Å². The third-order valence-electron chi connectivity index (χ3n) is 3.10. The molecule has 2 rings (SSSR count). The van der Waals surface area contributed by atoms with Crippen LogP contribution in [0.4, 0.5) is 5.69 Å². The summed E-state index contributed by atoms with van der Waals surface area (Å²) in [5.41, 5.74) is 1.40. The van der Waals surface area contributed by atoms with Crippen LogP contribution in [-0.2, 0) is 4.79 Å². The number of amides is 2. The zero-order valence-electron chi connectivity index (χ0n) is 11.0. The Morgan fingerprint density at radius 3 is 2.53 bits per heavy atom. The van der Waals surface area contributed by atoms with Crippen LogP contribution in [0.25, 0.3) is 0 Å². The molecule has 1 aliphatic carbocycles. The number of anilines is 1. The number of carbonyl (C=O) groups excluding carboxylic acids is 2. The first-order valence-corrected chi connectivity index (χ1v) is 6.55. The second kappa shape index (κ2) is 6.22. The van der Waals surface area contributed by atoms with Crippen LogP contribution in [0.1, 0.15) is 23.2 Å². The molecule has 1 aliphatic rings. The molecule has 19 heavy (non-hydrogen) atoms. The van der Waals surface area contributed by atoms with E-state index >= 15 is 0 Å². The van der Waals surface area contributed by atoms with Crippen molar-refractivity contribution in [3.05, 3.63) is 29.8 Å². The summed E-state index contributed by atoms with van der Waals surface area (Å²) in [7, 11) is 1.78. The second-order valence-electron chi connectivity index (χ2n) is 4.62. The number of para-hydroxylation sites is 1. The monoisotopic (exact) mass is 261 g/mol. The minimum atomic E-state index is -0.134. The van der Waals surface area contributed by atoms with E-state index < -0.39 is 0 Å². The smallest absolute Gasteiger partial charge is 0.253 e. The number of benzene rings is 1. The van der Waals surface area contributed by atoms with E-state index in [9.17, 15) is 9.59 Å². The van der Waals surface area contributed by atoms with E-state index in [-0.39, 0.29) is 17.7 Å². The zero-order chi connectivity index (χ0) is 13.7. The highest BCUT2D eigenvalue weighted by Gasteiger charge is 2.28. The van der Waals surface area contributed by atoms with E-state index in [2.05, 4.69) is 16.0 Å². The number of carbonyl (C=O) groups is 2. The van der Waals surface area contributed by atoms with Crippen molar-refractivity contribution < 1.29 is 9.59 Å². The first-order valence-electron chi connectivity index (χ1n) is 6.55. The van der Waals surface area contributed by atoms with E-state index in [1.807, 2.05) is 18.2 Å². The third kappa shape index (κ3) is 3.71. The molecule has 1 saturated carbocycles. The molecule has 2 amide bonds. The van der Waals surface area contributed by atoms with E-state index in [0.29, 0.717) is 18.7 Å². The summed E-state index contributed by atoms with van der Waals surface area (Å²) in [6.45, 7) is 0.915. The van der Waals surface area contributed by atoms with Gasteiger partial charge in [-0.05, 0) is 25.0 Å². The highest BCUT2D eigenvalue weighted by Crippen LogP contribution is 2.28. The zero-order valence-corrected chi connectivity index (χ0v) is 11.0. The van der Waals surface area contributed by atoms with E-state index in [1.54, 1.807) is 13.1 Å². The lowest BCUT2D eigenvalue weighted by molar-refractivity contribution is -0.122. The van der Waals surface area contributed by atoms with Crippen molar-refractivity contribution in [2.24, 2.45) is 5.92 Å². The minimum Gasteiger partial charge on any atom is -0.387 e. The number of nitrogens with one attached hydrogen (secondary N) is 3. The lowest BCUT2D eigenvalue weighted by Crippen LogP contribution is -2.35. The Morgan fingerprint density at radius 2 is 1.84 bits per heavy atom. The van der Waals surface area contributed by atoms with Crippen LogP contribution in [0, 0.1) is 5.92 Å². The lowest BCUT2D eigenvalue weighted by atomic mass is 10.1. The topological polar surface area (TPSA) is 70.2 Å². The lowest BCUT2D eigenvalue weighted by Gasteiger charge is -2.10. The van der Waals surface area contributed by atoms with Gasteiger partial charge in [0.1, 0.15) is 0 Å². The van der Waals surface area contributed by atoms with Crippen molar-refractivity contribution in [1.82, 2.24) is 10.6 Å². The van der Waals surface area contributed by atoms with Gasteiger partial charge in [-0.3, -0.25) is 9.59 Å². The Labute approximate surface area is 112 Å². The summed E-state index contributed by atoms with van der Waals surface area (Å²) in [5, 5.41) is 8.58. The van der Waals surface area contributed by atoms with E-state index in [4.69, 9.17) is 0 Å². The van der Waals surface area contributed by atoms with Crippen LogP contribution in [-0.4, -0.2) is 32.0 Å². The average Bonchev–Trinajstić information content (AvgIpc) is 3.27. The standard InChI is InChI=1S/C14H19N3O2/c1-15-12-5-3-2-4-11(12)14(19)17-9-8-16-13(18)10-6-7-10/h2-5,10,15H,6-9H2,1H3,(H,16,18)(H,17,19). The molecule has 1 aromatic rings. The van der Waals surface area contributed by atoms with Crippen molar-refractivity contribution >= 4 is 17.5 Å². The van der Waals surface area contributed by atoms with Gasteiger partial charge in [0.05, 0.1) is 5.56 Å². The molecular weight excluding hydrogens is 242 g/mol. The molecular formula is C14H19N3O2. The predicted molar refractivity (Wildman–Crippen MR) is 74.1 cm³/mol. The van der Waals surface area contributed by atoms with Crippen molar-refractivity contribution in [3.63, 3.8) is 0 Å². The molecule has 0 unspecified atom stereocenters. The Kier molecular flexibility index (Phi) is 4.39. The van der Waals surface area contributed by atoms with Gasteiger partial charge < -0.3 is 16.0 Å². The molecule has 5 nitrogen and oxygen atoms in total. The highest BCUT2D eigenvalue weighted by molar-refractivity contribution is 5.99. The molecule has 0 bridgehead atoms. The average molecular weight is 261 g/mol. The molecule has 5 heteroatoms. The van der Waals surface area contributed by atoms with Gasteiger partial charge in [0.25, 0.3) is 5.91 Å². The van der Waals surface area contributed by atoms with Crippen molar-refractivity contribution in [1.29, 1.82) is 0 Å². The molecule has 0 atom stereocenters. The maximum atomic E-state index is 12.0. The SMILES string of the molecule is CNc1ccccc1C(=O)NCCNC(=O)C1CC1. The van der Waals surface area contributed by atoms with E-state index in [1.165, 1.54) is 0 Å². The summed E-state index contributed by atoms with van der Waals surface area (Å²) in [4.78, 5) is 23.3. The minimum absolute atomic E-state index is 0.102. The Hall–Kier alpha value is -2.04. The van der Waals surface area contributed by atoms with Crippen molar-refractivity contribution in [2.75, 3.05) is 25.5 Å². The normalized spacial score (nSPS) is 13.7. The molecule has 0 spiro atoms. The van der Waals surface area contributed by atoms with Crippen LogP contribution in [0.5, 0.6) is 0 Å². The summed E-state index contributed by atoms with van der Waals surface area (Å²) >= 11 is 0. The van der Waals surface area contributed by atoms with Gasteiger partial charge in [0.15, 0.2) is 0 Å². The largest absolute Gasteiger partial charge is 0.387 e. The molecule has 0 heterocycles. The molecule has 1 fully saturated rings. The van der Waals surface area contributed by atoms with Crippen molar-refractivity contribution in [3.8, 4) is 0 Å². The Balaban J connectivity index is 1.75. The molecule has 102 valence electrons. The van der Waals surface area contributed by atoms with Crippen molar-refractivity contribution in [2.45, 2.75) is 12.8 Å². The van der Waals surface area contributed by atoms with Crippen LogP contribution in [0.2, 0.25) is 0 Å². The quantitative estimate of drug-likeness (QED) is 0.669. The van der Waals surface area contributed by atoms with Crippen LogP contribution >= 0.6 is 0 Å². The molecule has 0 radical (unpaired) electrons. The molecule has 3 N–H and O–H groups in total. The Morgan fingerprint density at radius 1 is 1.16 bits per heavy atom. The van der Waals surface area contributed by atoms with E-state index in [0.717, 1.165) is 18.5 Å². The fourth-order valence-corrected chi connectivity index (χ4v) is 1.85. The number of hydrogen-bond donors (Lipinski definition) is 3. The fraction of sp³-hybridized carbons (Fsp3) is 0.429. The van der Waals surface area contributed by atoms with Crippen LogP contribution in [0.15, 0.2) is 24.3 Å². The number of rotatable bonds is 6. The maximum Gasteiger partial charge on any atom is 0.253 e. The van der Waals surface area contributed by atoms with Gasteiger partial charge in [-0.25, -0.2) is 0 Å². The summed E-state index contributed by atoms with van der Waals surface area (Å²) < 4.78 is 0. The first-order chi connectivity index (χ1) is 9.22. The fourth-order valence-electron chi connectivity index (χ4n) is 1.85. The van der Waals surface area contributed by atoms with Gasteiger partial charge >= 0.3 is 0 Å². The first kappa shape index (κ1) is 13.4. The molecule has 0 saturated heterocycles. The summed E-state index contributed by atoms with van der Waals surface area (Å²) in [6.07, 6.45) is 1.99. The second-order valence-corrected chi connectivity index (χ2v) is 4.62. The summed E-state index contributed by atoms with van der Waals surface area (Å²) in [5.74, 6) is 0.177. The van der Waals surface area contributed by atoms with Gasteiger partial charge in [0.2, 0.25) is 5.91 Å². The van der Waals surface area contributed by atoms with Gasteiger partial charge in [0, 0.05) is 31.7 Å². The molecule has 1 aromatic carbocycles. The molecule has 0 aliphatic heterocycles. The van der Waals surface area contributed by atoms with Crippen LogP contribution < -0.4 is 16.0 Å². The Bertz CT molecular complexity index is 470.